The lowest BCUT2D eigenvalue weighted by Gasteiger charge is -2.27. The summed E-state index contributed by atoms with van der Waals surface area (Å²) in [7, 11) is 3.47. The van der Waals surface area contributed by atoms with E-state index < -0.39 is 0 Å². The molecule has 0 aliphatic heterocycles. The van der Waals surface area contributed by atoms with Crippen molar-refractivity contribution in [1.82, 2.24) is 5.32 Å². The van der Waals surface area contributed by atoms with Crippen molar-refractivity contribution in [3.63, 3.8) is 0 Å². The van der Waals surface area contributed by atoms with Crippen LogP contribution in [0.15, 0.2) is 0 Å². The Bertz CT molecular complexity index is 133. The highest BCUT2D eigenvalue weighted by atomic mass is 16.7. The topological polar surface area (TPSA) is 56.5 Å². The standard InChI is InChI=1S/C9H22N2O2/c1-6(9(10)11-4)7(2)13-8(3)12-5/h6-9,11H,10H2,1-5H3/t6-,7?,8?,9+/m1/s1. The van der Waals surface area contributed by atoms with Gasteiger partial charge in [-0.2, -0.15) is 0 Å². The van der Waals surface area contributed by atoms with Crippen molar-refractivity contribution in [3.05, 3.63) is 0 Å². The van der Waals surface area contributed by atoms with Gasteiger partial charge in [0.05, 0.1) is 12.3 Å². The normalized spacial score (nSPS) is 20.8. The number of hydrogen-bond donors (Lipinski definition) is 2. The zero-order chi connectivity index (χ0) is 10.4. The Balaban J connectivity index is 3.87. The van der Waals surface area contributed by atoms with E-state index in [9.17, 15) is 0 Å². The van der Waals surface area contributed by atoms with E-state index >= 15 is 0 Å². The lowest BCUT2D eigenvalue weighted by Crippen LogP contribution is -2.45. The molecule has 0 radical (unpaired) electrons. The first-order valence-electron chi connectivity index (χ1n) is 4.64. The van der Waals surface area contributed by atoms with Gasteiger partial charge in [0, 0.05) is 13.0 Å². The second-order valence-corrected chi connectivity index (χ2v) is 3.32. The van der Waals surface area contributed by atoms with Crippen LogP contribution >= 0.6 is 0 Å². The molecule has 0 saturated carbocycles. The highest BCUT2D eigenvalue weighted by molar-refractivity contribution is 4.70. The molecule has 0 aliphatic rings. The third kappa shape index (κ3) is 4.57. The first-order chi connectivity index (χ1) is 6.02. The molecule has 13 heavy (non-hydrogen) atoms. The fourth-order valence-electron chi connectivity index (χ4n) is 1.04. The largest absolute Gasteiger partial charge is 0.356 e. The Morgan fingerprint density at radius 3 is 2.15 bits per heavy atom. The Kier molecular flexibility index (Phi) is 6.24. The van der Waals surface area contributed by atoms with E-state index in [4.69, 9.17) is 15.2 Å². The molecule has 0 aromatic carbocycles. The summed E-state index contributed by atoms with van der Waals surface area (Å²) in [5.74, 6) is 0.252. The van der Waals surface area contributed by atoms with Crippen LogP contribution in [-0.4, -0.2) is 32.7 Å². The second kappa shape index (κ2) is 6.32. The molecule has 4 heteroatoms. The van der Waals surface area contributed by atoms with Crippen LogP contribution in [0.3, 0.4) is 0 Å². The van der Waals surface area contributed by atoms with Crippen LogP contribution in [0.25, 0.3) is 0 Å². The Morgan fingerprint density at radius 1 is 1.23 bits per heavy atom. The third-order valence-corrected chi connectivity index (χ3v) is 2.38. The molecule has 80 valence electrons. The van der Waals surface area contributed by atoms with Gasteiger partial charge < -0.3 is 20.5 Å². The molecule has 0 aromatic heterocycles. The van der Waals surface area contributed by atoms with E-state index in [-0.39, 0.29) is 24.5 Å². The van der Waals surface area contributed by atoms with Gasteiger partial charge >= 0.3 is 0 Å². The smallest absolute Gasteiger partial charge is 0.154 e. The van der Waals surface area contributed by atoms with E-state index in [2.05, 4.69) is 5.32 Å². The van der Waals surface area contributed by atoms with Crippen LogP contribution in [0.4, 0.5) is 0 Å². The summed E-state index contributed by atoms with van der Waals surface area (Å²) in [6.07, 6.45) is -0.141. The lowest BCUT2D eigenvalue weighted by atomic mass is 10.0. The summed E-state index contributed by atoms with van der Waals surface area (Å²) in [6, 6.07) is 0. The average Bonchev–Trinajstić information content (AvgIpc) is 2.14. The van der Waals surface area contributed by atoms with Crippen molar-refractivity contribution >= 4 is 0 Å². The summed E-state index contributed by atoms with van der Waals surface area (Å²) in [5, 5.41) is 2.99. The minimum Gasteiger partial charge on any atom is -0.356 e. The van der Waals surface area contributed by atoms with Crippen LogP contribution in [0.2, 0.25) is 0 Å². The van der Waals surface area contributed by atoms with Crippen LogP contribution in [0, 0.1) is 5.92 Å². The number of nitrogens with two attached hydrogens (primary N) is 1. The van der Waals surface area contributed by atoms with Gasteiger partial charge in [-0.05, 0) is 20.9 Å². The van der Waals surface area contributed by atoms with E-state index in [0.29, 0.717) is 0 Å². The summed E-state index contributed by atoms with van der Waals surface area (Å²) >= 11 is 0. The van der Waals surface area contributed by atoms with Crippen LogP contribution in [0.5, 0.6) is 0 Å². The highest BCUT2D eigenvalue weighted by Gasteiger charge is 2.20. The molecular weight excluding hydrogens is 168 g/mol. The molecule has 4 nitrogen and oxygen atoms in total. The SMILES string of the molecule is CN[C@H](N)[C@H](C)C(C)OC(C)OC. The number of nitrogens with one attached hydrogen (secondary N) is 1. The van der Waals surface area contributed by atoms with Gasteiger partial charge in [-0.25, -0.2) is 0 Å². The molecule has 2 unspecified atom stereocenters. The number of rotatable bonds is 6. The van der Waals surface area contributed by atoms with Crippen molar-refractivity contribution in [2.45, 2.75) is 39.3 Å². The van der Waals surface area contributed by atoms with Crippen LogP contribution < -0.4 is 11.1 Å². The molecular formula is C9H22N2O2. The van der Waals surface area contributed by atoms with E-state index in [0.717, 1.165) is 0 Å². The molecule has 0 rings (SSSR count). The predicted molar refractivity (Wildman–Crippen MR) is 53.2 cm³/mol. The van der Waals surface area contributed by atoms with E-state index in [1.54, 1.807) is 7.11 Å². The zero-order valence-corrected chi connectivity index (χ0v) is 9.20. The van der Waals surface area contributed by atoms with Crippen molar-refractivity contribution in [3.8, 4) is 0 Å². The molecule has 0 saturated heterocycles. The summed E-state index contributed by atoms with van der Waals surface area (Å²) < 4.78 is 10.5. The summed E-state index contributed by atoms with van der Waals surface area (Å²) in [6.45, 7) is 5.92. The molecule has 3 N–H and O–H groups in total. The van der Waals surface area contributed by atoms with Gasteiger partial charge in [0.15, 0.2) is 6.29 Å². The molecule has 4 atom stereocenters. The summed E-state index contributed by atoms with van der Waals surface area (Å²) in [4.78, 5) is 0. The van der Waals surface area contributed by atoms with E-state index in [1.165, 1.54) is 0 Å². The van der Waals surface area contributed by atoms with Gasteiger partial charge in [0.2, 0.25) is 0 Å². The maximum absolute atomic E-state index is 5.80. The second-order valence-electron chi connectivity index (χ2n) is 3.32. The van der Waals surface area contributed by atoms with Gasteiger partial charge in [-0.1, -0.05) is 6.92 Å². The first kappa shape index (κ1) is 12.8. The van der Waals surface area contributed by atoms with Crippen molar-refractivity contribution in [2.24, 2.45) is 11.7 Å². The molecule has 0 amide bonds. The highest BCUT2D eigenvalue weighted by Crippen LogP contribution is 2.11. The van der Waals surface area contributed by atoms with Crippen LogP contribution in [0.1, 0.15) is 20.8 Å². The number of hydrogen-bond acceptors (Lipinski definition) is 4. The summed E-state index contributed by atoms with van der Waals surface area (Å²) in [5.41, 5.74) is 5.80. The van der Waals surface area contributed by atoms with Crippen LogP contribution in [-0.2, 0) is 9.47 Å². The molecule has 0 heterocycles. The minimum absolute atomic E-state index is 0.0425. The predicted octanol–water partition coefficient (Wildman–Crippen LogP) is 0.524. The van der Waals surface area contributed by atoms with Crippen molar-refractivity contribution in [2.75, 3.05) is 14.2 Å². The fraction of sp³-hybridized carbons (Fsp3) is 1.00. The Labute approximate surface area is 80.8 Å². The maximum atomic E-state index is 5.80. The number of methoxy groups -OCH3 is 1. The molecule has 0 spiro atoms. The third-order valence-electron chi connectivity index (χ3n) is 2.38. The van der Waals surface area contributed by atoms with Crippen molar-refractivity contribution in [1.29, 1.82) is 0 Å². The zero-order valence-electron chi connectivity index (χ0n) is 9.20. The van der Waals surface area contributed by atoms with Crippen molar-refractivity contribution < 1.29 is 9.47 Å². The average molecular weight is 190 g/mol. The van der Waals surface area contributed by atoms with Gasteiger partial charge in [-0.15, -0.1) is 0 Å². The number of ether oxygens (including phenoxy) is 2. The van der Waals surface area contributed by atoms with Gasteiger partial charge in [-0.3, -0.25) is 0 Å². The van der Waals surface area contributed by atoms with Gasteiger partial charge in [0.25, 0.3) is 0 Å². The Morgan fingerprint density at radius 2 is 1.77 bits per heavy atom. The van der Waals surface area contributed by atoms with E-state index in [1.807, 2.05) is 27.8 Å². The molecule has 0 fully saturated rings. The van der Waals surface area contributed by atoms with Gasteiger partial charge in [0.1, 0.15) is 0 Å². The molecule has 0 aromatic rings. The lowest BCUT2D eigenvalue weighted by molar-refractivity contribution is -0.153. The first-order valence-corrected chi connectivity index (χ1v) is 4.64. The Hall–Kier alpha value is -0.160. The fourth-order valence-corrected chi connectivity index (χ4v) is 1.04. The maximum Gasteiger partial charge on any atom is 0.154 e. The monoisotopic (exact) mass is 190 g/mol. The quantitative estimate of drug-likeness (QED) is 0.600. The minimum atomic E-state index is -0.179. The molecule has 0 aliphatic carbocycles. The molecule has 0 bridgehead atoms.